The monoisotopic (exact) mass is 472 g/mol. The van der Waals surface area contributed by atoms with Gasteiger partial charge in [0.25, 0.3) is 17.4 Å². The van der Waals surface area contributed by atoms with Crippen LogP contribution in [0.15, 0.2) is 41.2 Å². The lowest BCUT2D eigenvalue weighted by Crippen LogP contribution is -2.48. The summed E-state index contributed by atoms with van der Waals surface area (Å²) < 4.78 is 26.8. The Labute approximate surface area is 193 Å². The molecule has 2 amide bonds. The third-order valence-corrected chi connectivity index (χ3v) is 7.40. The van der Waals surface area contributed by atoms with Gasteiger partial charge in [-0.1, -0.05) is 29.8 Å². The quantitative estimate of drug-likeness (QED) is 0.616. The van der Waals surface area contributed by atoms with Gasteiger partial charge in [0.15, 0.2) is 0 Å². The summed E-state index contributed by atoms with van der Waals surface area (Å²) in [5, 5.41) is 2.76. The highest BCUT2D eigenvalue weighted by atomic mass is 32.2. The molecule has 1 aliphatic heterocycles. The van der Waals surface area contributed by atoms with Crippen molar-refractivity contribution >= 4 is 21.8 Å². The number of nitrogens with one attached hydrogen (secondary N) is 1. The molecule has 0 unspecified atom stereocenters. The van der Waals surface area contributed by atoms with Crippen molar-refractivity contribution < 1.29 is 18.0 Å². The van der Waals surface area contributed by atoms with E-state index >= 15 is 0 Å². The Morgan fingerprint density at radius 1 is 1.09 bits per heavy atom. The highest BCUT2D eigenvalue weighted by Gasteiger charge is 2.36. The van der Waals surface area contributed by atoms with Crippen LogP contribution in [0.2, 0.25) is 0 Å². The third-order valence-electron chi connectivity index (χ3n) is 6.06. The Bertz CT molecular complexity index is 1230. The van der Waals surface area contributed by atoms with Crippen LogP contribution in [0.25, 0.3) is 0 Å². The van der Waals surface area contributed by atoms with Gasteiger partial charge in [0.1, 0.15) is 11.3 Å². The van der Waals surface area contributed by atoms with Gasteiger partial charge in [-0.05, 0) is 37.5 Å². The molecule has 10 heteroatoms. The number of carbonyl (C=O) groups excluding carboxylic acids is 2. The Kier molecular flexibility index (Phi) is 6.40. The third kappa shape index (κ3) is 5.17. The lowest BCUT2D eigenvalue weighted by Gasteiger charge is -2.31. The van der Waals surface area contributed by atoms with Gasteiger partial charge in [-0.2, -0.15) is 4.31 Å². The van der Waals surface area contributed by atoms with Gasteiger partial charge in [-0.25, -0.2) is 8.42 Å². The number of hydrogen-bond donors (Lipinski definition) is 1. The van der Waals surface area contributed by atoms with E-state index in [0.717, 1.165) is 24.0 Å². The number of aryl methyl sites for hydroxylation is 1. The Morgan fingerprint density at radius 3 is 2.42 bits per heavy atom. The maximum atomic E-state index is 12.9. The molecule has 1 fully saturated rings. The molecule has 0 atom stereocenters. The molecule has 0 bridgehead atoms. The zero-order valence-electron chi connectivity index (χ0n) is 18.8. The van der Waals surface area contributed by atoms with Gasteiger partial charge >= 0.3 is 0 Å². The molecular formula is C23H28N4O5S. The van der Waals surface area contributed by atoms with E-state index in [9.17, 15) is 22.8 Å². The summed E-state index contributed by atoms with van der Waals surface area (Å²) in [7, 11) is -3.33. The smallest absolute Gasteiger partial charge is 0.270 e. The molecule has 0 radical (unpaired) electrons. The van der Waals surface area contributed by atoms with Crippen molar-refractivity contribution in [3.8, 4) is 0 Å². The van der Waals surface area contributed by atoms with E-state index in [2.05, 4.69) is 5.32 Å². The van der Waals surface area contributed by atoms with Crippen molar-refractivity contribution in [1.29, 1.82) is 0 Å². The minimum Gasteiger partial charge on any atom is -0.348 e. The second kappa shape index (κ2) is 9.11. The SMILES string of the molecule is Cc1ccc(CNC(=O)c2ccc3n(c2=O)CCN(CCN(C2CC2)S(C)(=O)=O)C3=O)cc1. The highest BCUT2D eigenvalue weighted by molar-refractivity contribution is 7.88. The lowest BCUT2D eigenvalue weighted by atomic mass is 10.1. The minimum absolute atomic E-state index is 0.0101. The molecular weight excluding hydrogens is 444 g/mol. The van der Waals surface area contributed by atoms with E-state index in [1.807, 2.05) is 31.2 Å². The van der Waals surface area contributed by atoms with Gasteiger partial charge in [-0.3, -0.25) is 14.4 Å². The van der Waals surface area contributed by atoms with E-state index in [0.29, 0.717) is 6.54 Å². The van der Waals surface area contributed by atoms with Crippen LogP contribution in [0.5, 0.6) is 0 Å². The average molecular weight is 473 g/mol. The predicted molar refractivity (Wildman–Crippen MR) is 124 cm³/mol. The van der Waals surface area contributed by atoms with Gasteiger partial charge in [0.2, 0.25) is 10.0 Å². The van der Waals surface area contributed by atoms with Crippen molar-refractivity contribution in [2.24, 2.45) is 0 Å². The van der Waals surface area contributed by atoms with Crippen molar-refractivity contribution in [2.75, 3.05) is 25.9 Å². The van der Waals surface area contributed by atoms with Crippen molar-refractivity contribution in [2.45, 2.75) is 38.9 Å². The van der Waals surface area contributed by atoms with Crippen molar-refractivity contribution in [3.05, 3.63) is 69.1 Å². The summed E-state index contributed by atoms with van der Waals surface area (Å²) in [6, 6.07) is 10.6. The number of aromatic nitrogens is 1. The Balaban J connectivity index is 1.43. The number of benzene rings is 1. The van der Waals surface area contributed by atoms with Gasteiger partial charge in [-0.15, -0.1) is 0 Å². The molecule has 9 nitrogen and oxygen atoms in total. The zero-order chi connectivity index (χ0) is 23.8. The summed E-state index contributed by atoms with van der Waals surface area (Å²) in [5.74, 6) is -0.826. The zero-order valence-corrected chi connectivity index (χ0v) is 19.6. The first-order valence-corrected chi connectivity index (χ1v) is 12.8. The van der Waals surface area contributed by atoms with Crippen molar-refractivity contribution in [1.82, 2.24) is 19.1 Å². The van der Waals surface area contributed by atoms with E-state index in [1.54, 1.807) is 4.90 Å². The first-order chi connectivity index (χ1) is 15.6. The van der Waals surface area contributed by atoms with Crippen LogP contribution in [0.4, 0.5) is 0 Å². The number of amides is 2. The Morgan fingerprint density at radius 2 is 1.79 bits per heavy atom. The number of pyridine rings is 1. The number of rotatable bonds is 8. The molecule has 1 N–H and O–H groups in total. The highest BCUT2D eigenvalue weighted by Crippen LogP contribution is 2.28. The molecule has 33 heavy (non-hydrogen) atoms. The second-order valence-electron chi connectivity index (χ2n) is 8.65. The molecule has 1 aromatic heterocycles. The van der Waals surface area contributed by atoms with Crippen LogP contribution in [-0.2, 0) is 23.1 Å². The van der Waals surface area contributed by atoms with Crippen LogP contribution >= 0.6 is 0 Å². The van der Waals surface area contributed by atoms with Crippen LogP contribution < -0.4 is 10.9 Å². The molecule has 2 aromatic rings. The van der Waals surface area contributed by atoms with Gasteiger partial charge < -0.3 is 14.8 Å². The first-order valence-electron chi connectivity index (χ1n) is 11.0. The summed E-state index contributed by atoms with van der Waals surface area (Å²) in [5.41, 5.74) is 1.74. The Hall–Kier alpha value is -2.98. The van der Waals surface area contributed by atoms with E-state index in [1.165, 1.54) is 27.3 Å². The summed E-state index contributed by atoms with van der Waals surface area (Å²) in [6.07, 6.45) is 2.87. The van der Waals surface area contributed by atoms with Crippen molar-refractivity contribution in [3.63, 3.8) is 0 Å². The first kappa shape index (κ1) is 23.2. The molecule has 176 valence electrons. The number of carbonyl (C=O) groups is 2. The molecule has 1 aromatic carbocycles. The van der Waals surface area contributed by atoms with Gasteiger partial charge in [0, 0.05) is 38.8 Å². The summed E-state index contributed by atoms with van der Waals surface area (Å²) in [4.78, 5) is 40.0. The largest absolute Gasteiger partial charge is 0.348 e. The molecule has 2 aliphatic rings. The molecule has 4 rings (SSSR count). The number of sulfonamides is 1. The fourth-order valence-corrected chi connectivity index (χ4v) is 5.21. The van der Waals surface area contributed by atoms with Crippen LogP contribution in [-0.4, -0.2) is 65.9 Å². The van der Waals surface area contributed by atoms with E-state index in [-0.39, 0.29) is 49.4 Å². The lowest BCUT2D eigenvalue weighted by molar-refractivity contribution is 0.0690. The van der Waals surface area contributed by atoms with Crippen LogP contribution in [0.1, 0.15) is 44.8 Å². The van der Waals surface area contributed by atoms with Crippen LogP contribution in [0, 0.1) is 6.92 Å². The van der Waals surface area contributed by atoms with E-state index < -0.39 is 21.5 Å². The standard InChI is InChI=1S/C23H28N4O5S/c1-16-3-5-17(6-4-16)15-24-21(28)19-9-10-20-23(30)25(11-13-26(20)22(19)29)12-14-27(18-7-8-18)33(2,31)32/h3-6,9-10,18H,7-8,11-15H2,1-2H3,(H,24,28). The maximum Gasteiger partial charge on any atom is 0.270 e. The minimum atomic E-state index is -3.33. The van der Waals surface area contributed by atoms with Crippen LogP contribution in [0.3, 0.4) is 0 Å². The second-order valence-corrected chi connectivity index (χ2v) is 10.6. The molecule has 2 heterocycles. The fraction of sp³-hybridized carbons (Fsp3) is 0.435. The summed E-state index contributed by atoms with van der Waals surface area (Å²) >= 11 is 0. The normalized spacial score (nSPS) is 16.1. The topological polar surface area (TPSA) is 109 Å². The molecule has 1 aliphatic carbocycles. The molecule has 0 saturated heterocycles. The maximum absolute atomic E-state index is 12.9. The molecule has 1 saturated carbocycles. The van der Waals surface area contributed by atoms with E-state index in [4.69, 9.17) is 0 Å². The number of fused-ring (bicyclic) bond motifs is 1. The number of hydrogen-bond acceptors (Lipinski definition) is 5. The summed E-state index contributed by atoms with van der Waals surface area (Å²) in [6.45, 7) is 3.30. The molecule has 0 spiro atoms. The van der Waals surface area contributed by atoms with Gasteiger partial charge in [0.05, 0.1) is 6.26 Å². The predicted octanol–water partition coefficient (Wildman–Crippen LogP) is 0.967. The fourth-order valence-electron chi connectivity index (χ4n) is 4.04. The number of nitrogens with zero attached hydrogens (tertiary/aromatic N) is 3. The average Bonchev–Trinajstić information content (AvgIpc) is 3.59.